The van der Waals surface area contributed by atoms with Gasteiger partial charge in [0, 0.05) is 7.05 Å². The Morgan fingerprint density at radius 3 is 2.00 bits per heavy atom. The number of carbonyl (C=O) groups is 1. The van der Waals surface area contributed by atoms with E-state index in [0.717, 1.165) is 5.56 Å². The lowest BCUT2D eigenvalue weighted by Gasteiger charge is -2.25. The molecule has 0 bridgehead atoms. The number of carbonyl (C=O) groups excluding carboxylic acids is 1. The van der Waals surface area contributed by atoms with Crippen LogP contribution in [0.3, 0.4) is 0 Å². The lowest BCUT2D eigenvalue weighted by Crippen LogP contribution is -2.33. The van der Waals surface area contributed by atoms with Crippen LogP contribution in [0.15, 0.2) is 53.4 Å². The largest absolute Gasteiger partial charge is 0.484 e. The van der Waals surface area contributed by atoms with Crippen molar-refractivity contribution >= 4 is 15.9 Å². The molecule has 0 aromatic heterocycles. The van der Waals surface area contributed by atoms with Crippen LogP contribution in [0.2, 0.25) is 0 Å². The Morgan fingerprint density at radius 1 is 1.00 bits per heavy atom. The Kier molecular flexibility index (Phi) is 6.62. The molecule has 2 rings (SSSR count). The van der Waals surface area contributed by atoms with Gasteiger partial charge < -0.3 is 9.64 Å². The second-order valence-corrected chi connectivity index (χ2v) is 8.37. The number of hydrogen-bond donors (Lipinski definition) is 1. The smallest absolute Gasteiger partial charge is 0.260 e. The Bertz CT molecular complexity index is 875. The summed E-state index contributed by atoms with van der Waals surface area (Å²) in [6.45, 7) is 6.02. The number of nitrogens with two attached hydrogens (primary N) is 1. The molecule has 7 heteroatoms. The van der Waals surface area contributed by atoms with Gasteiger partial charge in [0.25, 0.3) is 5.91 Å². The second-order valence-electron chi connectivity index (χ2n) is 6.81. The number of ether oxygens (including phenoxy) is 1. The minimum atomic E-state index is -3.73. The van der Waals surface area contributed by atoms with Crippen molar-refractivity contribution in [1.82, 2.24) is 4.90 Å². The Hall–Kier alpha value is -2.38. The molecule has 0 spiro atoms. The van der Waals surface area contributed by atoms with Crippen LogP contribution < -0.4 is 9.88 Å². The summed E-state index contributed by atoms with van der Waals surface area (Å²) in [5, 5.41) is 5.10. The third-order valence-corrected chi connectivity index (χ3v) is 5.50. The summed E-state index contributed by atoms with van der Waals surface area (Å²) in [5.41, 5.74) is 2.02. The molecule has 0 saturated heterocycles. The normalized spacial score (nSPS) is 12.7. The Balaban J connectivity index is 1.97. The zero-order valence-corrected chi connectivity index (χ0v) is 16.9. The number of sulfonamides is 1. The van der Waals surface area contributed by atoms with Crippen molar-refractivity contribution in [2.24, 2.45) is 5.14 Å². The van der Waals surface area contributed by atoms with Crippen molar-refractivity contribution in [2.45, 2.75) is 37.6 Å². The van der Waals surface area contributed by atoms with Gasteiger partial charge in [0.2, 0.25) is 10.0 Å². The van der Waals surface area contributed by atoms with E-state index in [-0.39, 0.29) is 23.5 Å². The standard InChI is InChI=1S/C20H26N2O4S/c1-14(2)16-5-9-18(10-6-16)26-13-20(23)22(4)15(3)17-7-11-19(12-8-17)27(21,24)25/h5-12,14-15H,13H2,1-4H3,(H2,21,24,25). The molecule has 27 heavy (non-hydrogen) atoms. The number of benzene rings is 2. The van der Waals surface area contributed by atoms with Gasteiger partial charge in [-0.2, -0.15) is 0 Å². The molecule has 0 aliphatic heterocycles. The lowest BCUT2D eigenvalue weighted by molar-refractivity contribution is -0.134. The molecule has 0 fully saturated rings. The van der Waals surface area contributed by atoms with Crippen molar-refractivity contribution in [1.29, 1.82) is 0 Å². The highest BCUT2D eigenvalue weighted by Gasteiger charge is 2.18. The summed E-state index contributed by atoms with van der Waals surface area (Å²) < 4.78 is 28.2. The monoisotopic (exact) mass is 390 g/mol. The highest BCUT2D eigenvalue weighted by Crippen LogP contribution is 2.22. The zero-order chi connectivity index (χ0) is 20.2. The van der Waals surface area contributed by atoms with E-state index in [4.69, 9.17) is 9.88 Å². The molecule has 2 aromatic carbocycles. The number of hydrogen-bond acceptors (Lipinski definition) is 4. The van der Waals surface area contributed by atoms with Gasteiger partial charge in [-0.25, -0.2) is 13.6 Å². The van der Waals surface area contributed by atoms with Gasteiger partial charge in [-0.05, 0) is 48.2 Å². The molecule has 0 saturated carbocycles. The van der Waals surface area contributed by atoms with Crippen LogP contribution in [-0.2, 0) is 14.8 Å². The zero-order valence-electron chi connectivity index (χ0n) is 16.0. The molecule has 146 valence electrons. The minimum Gasteiger partial charge on any atom is -0.484 e. The second kappa shape index (κ2) is 8.54. The fourth-order valence-electron chi connectivity index (χ4n) is 2.57. The number of amides is 1. The van der Waals surface area contributed by atoms with E-state index in [9.17, 15) is 13.2 Å². The van der Waals surface area contributed by atoms with Crippen LogP contribution in [-0.4, -0.2) is 32.9 Å². The maximum absolute atomic E-state index is 12.4. The summed E-state index contributed by atoms with van der Waals surface area (Å²) >= 11 is 0. The third kappa shape index (κ3) is 5.55. The van der Waals surface area contributed by atoms with E-state index in [2.05, 4.69) is 13.8 Å². The average Bonchev–Trinajstić information content (AvgIpc) is 2.64. The highest BCUT2D eigenvalue weighted by molar-refractivity contribution is 7.89. The number of rotatable bonds is 7. The Morgan fingerprint density at radius 2 is 1.52 bits per heavy atom. The molecule has 0 aliphatic rings. The molecular weight excluding hydrogens is 364 g/mol. The predicted octanol–water partition coefficient (Wildman–Crippen LogP) is 3.06. The molecule has 6 nitrogen and oxygen atoms in total. The van der Waals surface area contributed by atoms with Gasteiger partial charge in [-0.15, -0.1) is 0 Å². The average molecular weight is 391 g/mol. The van der Waals surface area contributed by atoms with E-state index in [0.29, 0.717) is 11.7 Å². The van der Waals surface area contributed by atoms with Gasteiger partial charge in [0.1, 0.15) is 5.75 Å². The molecule has 2 N–H and O–H groups in total. The quantitative estimate of drug-likeness (QED) is 0.787. The maximum atomic E-state index is 12.4. The predicted molar refractivity (Wildman–Crippen MR) is 105 cm³/mol. The summed E-state index contributed by atoms with van der Waals surface area (Å²) in [6, 6.07) is 13.6. The van der Waals surface area contributed by atoms with Crippen molar-refractivity contribution in [3.05, 3.63) is 59.7 Å². The van der Waals surface area contributed by atoms with E-state index in [1.807, 2.05) is 31.2 Å². The summed E-state index contributed by atoms with van der Waals surface area (Å²) in [4.78, 5) is 14.0. The third-order valence-electron chi connectivity index (χ3n) is 4.57. The molecule has 1 amide bonds. The number of nitrogens with zero attached hydrogens (tertiary/aromatic N) is 1. The van der Waals surface area contributed by atoms with Gasteiger partial charge >= 0.3 is 0 Å². The van der Waals surface area contributed by atoms with Crippen molar-refractivity contribution in [3.8, 4) is 5.75 Å². The Labute approximate surface area is 161 Å². The summed E-state index contributed by atoms with van der Waals surface area (Å²) in [7, 11) is -2.04. The van der Waals surface area contributed by atoms with Crippen LogP contribution in [0.25, 0.3) is 0 Å². The van der Waals surface area contributed by atoms with E-state index >= 15 is 0 Å². The summed E-state index contributed by atoms with van der Waals surface area (Å²) in [5.74, 6) is 0.908. The van der Waals surface area contributed by atoms with Crippen molar-refractivity contribution in [2.75, 3.05) is 13.7 Å². The molecular formula is C20H26N2O4S. The topological polar surface area (TPSA) is 89.7 Å². The molecule has 0 radical (unpaired) electrons. The van der Waals surface area contributed by atoms with Crippen molar-refractivity contribution < 1.29 is 17.9 Å². The van der Waals surface area contributed by atoms with Crippen LogP contribution in [0.1, 0.15) is 43.9 Å². The van der Waals surface area contributed by atoms with Crippen LogP contribution in [0.5, 0.6) is 5.75 Å². The van der Waals surface area contributed by atoms with Crippen LogP contribution in [0, 0.1) is 0 Å². The van der Waals surface area contributed by atoms with E-state index in [1.54, 1.807) is 24.1 Å². The van der Waals surface area contributed by atoms with Gasteiger partial charge in [-0.3, -0.25) is 4.79 Å². The first-order chi connectivity index (χ1) is 12.6. The fraction of sp³-hybridized carbons (Fsp3) is 0.350. The molecule has 1 unspecified atom stereocenters. The first-order valence-electron chi connectivity index (χ1n) is 8.70. The van der Waals surface area contributed by atoms with E-state index < -0.39 is 10.0 Å². The SMILES string of the molecule is CC(C)c1ccc(OCC(=O)N(C)C(C)c2ccc(S(N)(=O)=O)cc2)cc1. The molecule has 1 atom stereocenters. The van der Waals surface area contributed by atoms with Crippen LogP contribution >= 0.6 is 0 Å². The maximum Gasteiger partial charge on any atom is 0.260 e. The first kappa shape index (κ1) is 20.9. The highest BCUT2D eigenvalue weighted by atomic mass is 32.2. The summed E-state index contributed by atoms with van der Waals surface area (Å²) in [6.07, 6.45) is 0. The van der Waals surface area contributed by atoms with Gasteiger partial charge in [0.15, 0.2) is 6.61 Å². The minimum absolute atomic E-state index is 0.0422. The van der Waals surface area contributed by atoms with Crippen molar-refractivity contribution in [3.63, 3.8) is 0 Å². The molecule has 0 heterocycles. The van der Waals surface area contributed by atoms with Gasteiger partial charge in [-0.1, -0.05) is 38.1 Å². The lowest BCUT2D eigenvalue weighted by atomic mass is 10.0. The number of likely N-dealkylation sites (N-methyl/N-ethyl adjacent to an activating group) is 1. The van der Waals surface area contributed by atoms with Crippen LogP contribution in [0.4, 0.5) is 0 Å². The molecule has 2 aromatic rings. The first-order valence-corrected chi connectivity index (χ1v) is 10.3. The fourth-order valence-corrected chi connectivity index (χ4v) is 3.09. The number of primary sulfonamides is 1. The van der Waals surface area contributed by atoms with Gasteiger partial charge in [0.05, 0.1) is 10.9 Å². The molecule has 0 aliphatic carbocycles. The van der Waals surface area contributed by atoms with E-state index in [1.165, 1.54) is 17.7 Å².